The highest BCUT2D eigenvalue weighted by molar-refractivity contribution is 6.35. The third kappa shape index (κ3) is 4.81. The Kier molecular flexibility index (Phi) is 7.67. The molecule has 0 saturated carbocycles. The summed E-state index contributed by atoms with van der Waals surface area (Å²) in [5, 5.41) is 10.4. The summed E-state index contributed by atoms with van der Waals surface area (Å²) in [5.41, 5.74) is 6.62. The van der Waals surface area contributed by atoms with E-state index in [1.807, 2.05) is 13.0 Å². The molecule has 20 heavy (non-hydrogen) atoms. The minimum atomic E-state index is 0.0711. The third-order valence-electron chi connectivity index (χ3n) is 3.30. The van der Waals surface area contributed by atoms with Crippen LogP contribution in [0.5, 0.6) is 5.75 Å². The lowest BCUT2D eigenvalue weighted by Gasteiger charge is -2.21. The fraction of sp³-hybridized carbons (Fsp3) is 0.600. The van der Waals surface area contributed by atoms with Crippen LogP contribution in [0.25, 0.3) is 0 Å². The van der Waals surface area contributed by atoms with Crippen LogP contribution in [0.4, 0.5) is 0 Å². The van der Waals surface area contributed by atoms with Crippen LogP contribution in [0.1, 0.15) is 38.2 Å². The molecular formula is C15H23Cl2NO2. The number of nitrogens with two attached hydrogens (primary N) is 1. The summed E-state index contributed by atoms with van der Waals surface area (Å²) in [4.78, 5) is 0. The highest BCUT2D eigenvalue weighted by atomic mass is 35.5. The van der Waals surface area contributed by atoms with Crippen LogP contribution in [0.3, 0.4) is 0 Å². The van der Waals surface area contributed by atoms with Gasteiger partial charge in [-0.2, -0.15) is 0 Å². The zero-order valence-electron chi connectivity index (χ0n) is 12.0. The van der Waals surface area contributed by atoms with Gasteiger partial charge < -0.3 is 15.6 Å². The maximum absolute atomic E-state index is 9.28. The van der Waals surface area contributed by atoms with Crippen molar-refractivity contribution >= 4 is 23.2 Å². The summed E-state index contributed by atoms with van der Waals surface area (Å²) >= 11 is 12.3. The van der Waals surface area contributed by atoms with E-state index in [2.05, 4.69) is 6.92 Å². The molecule has 0 fully saturated rings. The van der Waals surface area contributed by atoms with Crippen molar-refractivity contribution in [2.75, 3.05) is 19.8 Å². The second-order valence-electron chi connectivity index (χ2n) is 5.08. The molecule has 0 spiro atoms. The van der Waals surface area contributed by atoms with Crippen molar-refractivity contribution in [3.05, 3.63) is 27.7 Å². The summed E-state index contributed by atoms with van der Waals surface area (Å²) in [6.07, 6.45) is 1.68. The number of hydrogen-bond acceptors (Lipinski definition) is 3. The van der Waals surface area contributed by atoms with E-state index in [0.29, 0.717) is 28.9 Å². The molecule has 0 radical (unpaired) electrons. The van der Waals surface area contributed by atoms with Crippen molar-refractivity contribution in [3.8, 4) is 5.75 Å². The number of benzene rings is 1. The summed E-state index contributed by atoms with van der Waals surface area (Å²) in [6, 6.07) is 3.57. The average Bonchev–Trinajstić information content (AvgIpc) is 2.42. The molecular weight excluding hydrogens is 297 g/mol. The molecule has 1 aromatic rings. The van der Waals surface area contributed by atoms with Crippen molar-refractivity contribution in [2.24, 2.45) is 11.7 Å². The Bertz CT molecular complexity index is 423. The van der Waals surface area contributed by atoms with Gasteiger partial charge in [0.15, 0.2) is 0 Å². The Morgan fingerprint density at radius 3 is 2.60 bits per heavy atom. The molecule has 0 aromatic heterocycles. The highest BCUT2D eigenvalue weighted by Gasteiger charge is 2.19. The number of halogens is 2. The first-order chi connectivity index (χ1) is 9.53. The minimum Gasteiger partial charge on any atom is -0.492 e. The van der Waals surface area contributed by atoms with E-state index in [-0.39, 0.29) is 18.4 Å². The van der Waals surface area contributed by atoms with Crippen LogP contribution in [0.15, 0.2) is 12.1 Å². The van der Waals surface area contributed by atoms with Crippen molar-refractivity contribution in [1.82, 2.24) is 0 Å². The van der Waals surface area contributed by atoms with Crippen LogP contribution in [0.2, 0.25) is 10.0 Å². The lowest BCUT2D eigenvalue weighted by Crippen LogP contribution is -2.20. The quantitative estimate of drug-likeness (QED) is 0.765. The van der Waals surface area contributed by atoms with E-state index in [0.717, 1.165) is 18.4 Å². The van der Waals surface area contributed by atoms with Crippen LogP contribution >= 0.6 is 23.2 Å². The summed E-state index contributed by atoms with van der Waals surface area (Å²) < 4.78 is 5.76. The number of aliphatic hydroxyl groups excluding tert-OH is 1. The molecule has 0 aliphatic heterocycles. The molecule has 3 N–H and O–H groups in total. The average molecular weight is 320 g/mol. The fourth-order valence-corrected chi connectivity index (χ4v) is 2.74. The first kappa shape index (κ1) is 17.6. The molecule has 1 rings (SSSR count). The highest BCUT2D eigenvalue weighted by Crippen LogP contribution is 2.38. The van der Waals surface area contributed by atoms with Gasteiger partial charge in [0, 0.05) is 11.6 Å². The molecule has 0 saturated heterocycles. The van der Waals surface area contributed by atoms with Crippen LogP contribution in [0, 0.1) is 5.92 Å². The lowest BCUT2D eigenvalue weighted by molar-refractivity contribution is 0.216. The largest absolute Gasteiger partial charge is 0.492 e. The molecule has 1 aromatic carbocycles. The topological polar surface area (TPSA) is 55.5 Å². The van der Waals surface area contributed by atoms with Crippen LogP contribution in [-0.4, -0.2) is 24.9 Å². The van der Waals surface area contributed by atoms with E-state index < -0.39 is 0 Å². The van der Waals surface area contributed by atoms with Crippen molar-refractivity contribution in [3.63, 3.8) is 0 Å². The van der Waals surface area contributed by atoms with Gasteiger partial charge in [0.2, 0.25) is 0 Å². The lowest BCUT2D eigenvalue weighted by atomic mass is 9.90. The Balaban J connectivity index is 3.01. The van der Waals surface area contributed by atoms with E-state index in [1.165, 1.54) is 0 Å². The van der Waals surface area contributed by atoms with Gasteiger partial charge in [-0.05, 0) is 48.9 Å². The third-order valence-corrected chi connectivity index (χ3v) is 3.80. The molecule has 114 valence electrons. The van der Waals surface area contributed by atoms with Gasteiger partial charge in [0.25, 0.3) is 0 Å². The van der Waals surface area contributed by atoms with Gasteiger partial charge in [0.05, 0.1) is 11.6 Å². The minimum absolute atomic E-state index is 0.0711. The SMILES string of the molecule is CCCOc1c(Cl)cc(Cl)cc1C(C)CC(CN)CO. The Morgan fingerprint density at radius 1 is 1.35 bits per heavy atom. The number of ether oxygens (including phenoxy) is 1. The van der Waals surface area contributed by atoms with Gasteiger partial charge in [-0.1, -0.05) is 37.0 Å². The second-order valence-corrected chi connectivity index (χ2v) is 5.92. The normalized spacial score (nSPS) is 14.1. The first-order valence-electron chi connectivity index (χ1n) is 6.96. The number of aliphatic hydroxyl groups is 1. The molecule has 0 amide bonds. The maximum Gasteiger partial charge on any atom is 0.141 e. The summed E-state index contributed by atoms with van der Waals surface area (Å²) in [6.45, 7) is 5.27. The summed E-state index contributed by atoms with van der Waals surface area (Å²) in [7, 11) is 0. The van der Waals surface area contributed by atoms with E-state index in [4.69, 9.17) is 33.7 Å². The van der Waals surface area contributed by atoms with Gasteiger partial charge in [0.1, 0.15) is 5.75 Å². The zero-order valence-corrected chi connectivity index (χ0v) is 13.5. The number of hydrogen-bond donors (Lipinski definition) is 2. The first-order valence-corrected chi connectivity index (χ1v) is 7.71. The summed E-state index contributed by atoms with van der Waals surface area (Å²) in [5.74, 6) is 0.930. The van der Waals surface area contributed by atoms with E-state index in [9.17, 15) is 5.11 Å². The monoisotopic (exact) mass is 319 g/mol. The van der Waals surface area contributed by atoms with Gasteiger partial charge in [-0.15, -0.1) is 0 Å². The Hall–Kier alpha value is -0.480. The van der Waals surface area contributed by atoms with Crippen LogP contribution < -0.4 is 10.5 Å². The molecule has 0 aliphatic rings. The molecule has 0 bridgehead atoms. The zero-order chi connectivity index (χ0) is 15.1. The van der Waals surface area contributed by atoms with Gasteiger partial charge in [-0.25, -0.2) is 0 Å². The Morgan fingerprint density at radius 2 is 2.05 bits per heavy atom. The molecule has 5 heteroatoms. The van der Waals surface area contributed by atoms with Gasteiger partial charge in [-0.3, -0.25) is 0 Å². The molecule has 0 aliphatic carbocycles. The molecule has 2 unspecified atom stereocenters. The molecule has 2 atom stereocenters. The van der Waals surface area contributed by atoms with Gasteiger partial charge >= 0.3 is 0 Å². The standard InChI is InChI=1S/C15H23Cl2NO2/c1-3-4-20-15-13(6-12(16)7-14(15)17)10(2)5-11(8-18)9-19/h6-7,10-11,19H,3-5,8-9,18H2,1-2H3. The Labute approximate surface area is 131 Å². The predicted octanol–water partition coefficient (Wildman–Crippen LogP) is 3.84. The molecule has 0 heterocycles. The van der Waals surface area contributed by atoms with Crippen LogP contribution in [-0.2, 0) is 0 Å². The van der Waals surface area contributed by atoms with Crippen molar-refractivity contribution in [1.29, 1.82) is 0 Å². The van der Waals surface area contributed by atoms with E-state index in [1.54, 1.807) is 6.07 Å². The molecule has 3 nitrogen and oxygen atoms in total. The maximum atomic E-state index is 9.28. The van der Waals surface area contributed by atoms with Crippen molar-refractivity contribution < 1.29 is 9.84 Å². The predicted molar refractivity (Wildman–Crippen MR) is 84.9 cm³/mol. The number of rotatable bonds is 8. The van der Waals surface area contributed by atoms with E-state index >= 15 is 0 Å². The smallest absolute Gasteiger partial charge is 0.141 e. The van der Waals surface area contributed by atoms with Crippen molar-refractivity contribution in [2.45, 2.75) is 32.6 Å². The second kappa shape index (κ2) is 8.73. The fourth-order valence-electron chi connectivity index (χ4n) is 2.17.